The van der Waals surface area contributed by atoms with Gasteiger partial charge in [-0.25, -0.2) is 0 Å². The summed E-state index contributed by atoms with van der Waals surface area (Å²) in [4.78, 5) is 13.4. The first-order valence-electron chi connectivity index (χ1n) is 9.39. The van der Waals surface area contributed by atoms with Crippen molar-refractivity contribution in [1.82, 2.24) is 4.90 Å². The highest BCUT2D eigenvalue weighted by Crippen LogP contribution is 2.37. The Morgan fingerprint density at radius 2 is 2.04 bits per heavy atom. The molecular formula is C21H23ClF3NO2. The fraction of sp³-hybridized carbons (Fsp3) is 0.476. The first-order valence-corrected chi connectivity index (χ1v) is 9.76. The summed E-state index contributed by atoms with van der Waals surface area (Å²) in [5.74, 6) is -0.877. The van der Waals surface area contributed by atoms with Crippen LogP contribution in [-0.2, 0) is 11.3 Å². The number of hydrogen-bond donors (Lipinski definition) is 1. The van der Waals surface area contributed by atoms with Crippen molar-refractivity contribution < 1.29 is 23.1 Å². The zero-order valence-corrected chi connectivity index (χ0v) is 16.1. The van der Waals surface area contributed by atoms with Crippen LogP contribution in [0.1, 0.15) is 31.2 Å². The predicted molar refractivity (Wildman–Crippen MR) is 102 cm³/mol. The van der Waals surface area contributed by atoms with Crippen molar-refractivity contribution in [3.63, 3.8) is 0 Å². The van der Waals surface area contributed by atoms with E-state index in [1.54, 1.807) is 6.08 Å². The molecule has 0 amide bonds. The standard InChI is InChI=1S/C21H23ClF3NO2/c22-18-4-2-1-3-16(18)13-26-10-9-14(12-20(27)28)11-19(26)15-5-7-17(8-6-15)21(23,24)25/h1-5,7-8,14-15,19H,6,9-13H2,(H,27,28)/t14-,15?,19+/m0/s1. The van der Waals surface area contributed by atoms with Gasteiger partial charge in [-0.05, 0) is 49.3 Å². The van der Waals surface area contributed by atoms with Gasteiger partial charge in [-0.2, -0.15) is 13.2 Å². The van der Waals surface area contributed by atoms with E-state index in [4.69, 9.17) is 16.7 Å². The van der Waals surface area contributed by atoms with Crippen molar-refractivity contribution in [3.05, 3.63) is 58.7 Å². The van der Waals surface area contributed by atoms with Crippen molar-refractivity contribution in [2.24, 2.45) is 11.8 Å². The van der Waals surface area contributed by atoms with E-state index >= 15 is 0 Å². The monoisotopic (exact) mass is 413 g/mol. The summed E-state index contributed by atoms with van der Waals surface area (Å²) >= 11 is 6.29. The van der Waals surface area contributed by atoms with Crippen LogP contribution in [0.5, 0.6) is 0 Å². The van der Waals surface area contributed by atoms with Crippen LogP contribution in [0.15, 0.2) is 48.1 Å². The molecule has 3 nitrogen and oxygen atoms in total. The topological polar surface area (TPSA) is 40.5 Å². The number of nitrogens with zero attached hydrogens (tertiary/aromatic N) is 1. The maximum atomic E-state index is 12.9. The minimum absolute atomic E-state index is 0.0170. The molecule has 2 aliphatic rings. The second-order valence-electron chi connectivity index (χ2n) is 7.53. The Labute approximate surface area is 167 Å². The van der Waals surface area contributed by atoms with Gasteiger partial charge < -0.3 is 5.11 Å². The molecular weight excluding hydrogens is 391 g/mol. The maximum absolute atomic E-state index is 12.9. The average Bonchev–Trinajstić information content (AvgIpc) is 2.64. The van der Waals surface area contributed by atoms with Gasteiger partial charge in [-0.15, -0.1) is 0 Å². The molecule has 152 valence electrons. The Morgan fingerprint density at radius 1 is 1.29 bits per heavy atom. The van der Waals surface area contributed by atoms with Crippen LogP contribution < -0.4 is 0 Å². The van der Waals surface area contributed by atoms with Gasteiger partial charge in [-0.1, -0.05) is 48.0 Å². The molecule has 0 spiro atoms. The molecule has 0 radical (unpaired) electrons. The number of aliphatic carboxylic acids is 1. The summed E-state index contributed by atoms with van der Waals surface area (Å²) in [5, 5.41) is 9.80. The number of likely N-dealkylation sites (tertiary alicyclic amines) is 1. The normalized spacial score (nSPS) is 26.1. The molecule has 3 rings (SSSR count). The number of halogens is 4. The van der Waals surface area contributed by atoms with Gasteiger partial charge >= 0.3 is 12.1 Å². The minimum Gasteiger partial charge on any atom is -0.481 e. The molecule has 1 heterocycles. The van der Waals surface area contributed by atoms with Crippen LogP contribution in [-0.4, -0.2) is 34.7 Å². The highest BCUT2D eigenvalue weighted by atomic mass is 35.5. The van der Waals surface area contributed by atoms with Crippen LogP contribution in [0.4, 0.5) is 13.2 Å². The third-order valence-electron chi connectivity index (χ3n) is 5.62. The molecule has 7 heteroatoms. The molecule has 0 aromatic heterocycles. The zero-order chi connectivity index (χ0) is 20.3. The lowest BCUT2D eigenvalue weighted by Crippen LogP contribution is -2.46. The minimum atomic E-state index is -4.34. The van der Waals surface area contributed by atoms with Crippen LogP contribution in [0.25, 0.3) is 0 Å². The van der Waals surface area contributed by atoms with Gasteiger partial charge in [0, 0.05) is 24.0 Å². The molecule has 3 atom stereocenters. The van der Waals surface area contributed by atoms with E-state index in [-0.39, 0.29) is 24.3 Å². The smallest absolute Gasteiger partial charge is 0.416 e. The lowest BCUT2D eigenvalue weighted by molar-refractivity contribution is -0.138. The molecule has 0 saturated carbocycles. The molecule has 1 aromatic carbocycles. The first-order chi connectivity index (χ1) is 13.2. The van der Waals surface area contributed by atoms with Gasteiger partial charge in [0.15, 0.2) is 0 Å². The summed E-state index contributed by atoms with van der Waals surface area (Å²) in [5.41, 5.74) is 0.358. The first kappa shape index (κ1) is 20.9. The second kappa shape index (κ2) is 8.70. The molecule has 1 aliphatic heterocycles. The van der Waals surface area contributed by atoms with Crippen molar-refractivity contribution in [2.75, 3.05) is 6.54 Å². The van der Waals surface area contributed by atoms with Crippen LogP contribution in [0.3, 0.4) is 0 Å². The number of rotatable bonds is 5. The van der Waals surface area contributed by atoms with Crippen LogP contribution in [0.2, 0.25) is 5.02 Å². The number of carboxylic acids is 1. The molecule has 28 heavy (non-hydrogen) atoms. The van der Waals surface area contributed by atoms with Crippen molar-refractivity contribution in [3.8, 4) is 0 Å². The summed E-state index contributed by atoms with van der Waals surface area (Å²) in [7, 11) is 0. The van der Waals surface area contributed by atoms with Gasteiger partial charge in [0.25, 0.3) is 0 Å². The molecule has 1 fully saturated rings. The molecule has 1 aromatic rings. The number of benzene rings is 1. The van der Waals surface area contributed by atoms with Crippen LogP contribution in [0, 0.1) is 11.8 Å². The van der Waals surface area contributed by atoms with E-state index in [9.17, 15) is 18.0 Å². The third kappa shape index (κ3) is 5.17. The number of alkyl halides is 3. The quantitative estimate of drug-likeness (QED) is 0.696. The Hall–Kier alpha value is -1.79. The molecule has 1 saturated heterocycles. The number of hydrogen-bond acceptors (Lipinski definition) is 2. The molecule has 1 aliphatic carbocycles. The Kier molecular flexibility index (Phi) is 6.50. The number of allylic oxidation sites excluding steroid dienone is 3. The average molecular weight is 414 g/mol. The van der Waals surface area contributed by atoms with E-state index in [0.717, 1.165) is 18.1 Å². The van der Waals surface area contributed by atoms with Crippen molar-refractivity contribution >= 4 is 17.6 Å². The Balaban J connectivity index is 1.77. The fourth-order valence-electron chi connectivity index (χ4n) is 4.17. The van der Waals surface area contributed by atoms with Gasteiger partial charge in [0.2, 0.25) is 0 Å². The highest BCUT2D eigenvalue weighted by Gasteiger charge is 2.37. The summed E-state index contributed by atoms with van der Waals surface area (Å²) < 4.78 is 38.7. The predicted octanol–water partition coefficient (Wildman–Crippen LogP) is 5.46. The van der Waals surface area contributed by atoms with Gasteiger partial charge in [0.1, 0.15) is 0 Å². The van der Waals surface area contributed by atoms with Gasteiger partial charge in [0.05, 0.1) is 5.57 Å². The lowest BCUT2D eigenvalue weighted by atomic mass is 9.79. The molecule has 0 bridgehead atoms. The summed E-state index contributed by atoms with van der Waals surface area (Å²) in [6.45, 7) is 1.30. The highest BCUT2D eigenvalue weighted by molar-refractivity contribution is 6.31. The molecule has 1 N–H and O–H groups in total. The van der Waals surface area contributed by atoms with E-state index in [0.29, 0.717) is 31.0 Å². The SMILES string of the molecule is O=C(O)C[C@H]1CCN(Cc2ccccc2Cl)[C@@H](C2C=CC(C(F)(F)F)=CC2)C1. The number of piperidine rings is 1. The molecule has 1 unspecified atom stereocenters. The Morgan fingerprint density at radius 3 is 2.64 bits per heavy atom. The van der Waals surface area contributed by atoms with E-state index in [1.165, 1.54) is 6.08 Å². The number of carboxylic acid groups (broad SMARTS) is 1. The largest absolute Gasteiger partial charge is 0.481 e. The summed E-state index contributed by atoms with van der Waals surface area (Å²) in [6.07, 6.45) is 1.51. The lowest BCUT2D eigenvalue weighted by Gasteiger charge is -2.43. The van der Waals surface area contributed by atoms with E-state index in [1.807, 2.05) is 24.3 Å². The fourth-order valence-corrected chi connectivity index (χ4v) is 4.37. The van der Waals surface area contributed by atoms with Crippen molar-refractivity contribution in [2.45, 2.75) is 44.4 Å². The van der Waals surface area contributed by atoms with Crippen molar-refractivity contribution in [1.29, 1.82) is 0 Å². The van der Waals surface area contributed by atoms with Gasteiger partial charge in [-0.3, -0.25) is 9.69 Å². The zero-order valence-electron chi connectivity index (χ0n) is 15.3. The second-order valence-corrected chi connectivity index (χ2v) is 7.94. The Bertz CT molecular complexity index is 775. The van der Waals surface area contributed by atoms with Crippen LogP contribution >= 0.6 is 11.6 Å². The maximum Gasteiger partial charge on any atom is 0.416 e. The third-order valence-corrected chi connectivity index (χ3v) is 5.99. The van der Waals surface area contributed by atoms with E-state index < -0.39 is 17.7 Å². The summed E-state index contributed by atoms with van der Waals surface area (Å²) in [6, 6.07) is 7.52. The van der Waals surface area contributed by atoms with E-state index in [2.05, 4.69) is 4.90 Å². The number of carbonyl (C=O) groups is 1.